The van der Waals surface area contributed by atoms with Gasteiger partial charge in [0.2, 0.25) is 0 Å². The van der Waals surface area contributed by atoms with Crippen LogP contribution in [0.15, 0.2) is 18.2 Å². The van der Waals surface area contributed by atoms with Gasteiger partial charge < -0.3 is 15.5 Å². The molecule has 23 heavy (non-hydrogen) atoms. The van der Waals surface area contributed by atoms with Crippen molar-refractivity contribution >= 4 is 11.6 Å². The molecule has 0 aromatic heterocycles. The molecule has 3 aliphatic rings. The lowest BCUT2D eigenvalue weighted by Crippen LogP contribution is -2.55. The van der Waals surface area contributed by atoms with Gasteiger partial charge in [0.05, 0.1) is 0 Å². The summed E-state index contributed by atoms with van der Waals surface area (Å²) in [4.78, 5) is 15.4. The molecule has 2 N–H and O–H groups in total. The number of benzene rings is 1. The monoisotopic (exact) mass is 313 g/mol. The number of anilines is 1. The zero-order chi connectivity index (χ0) is 15.8. The van der Waals surface area contributed by atoms with Crippen molar-refractivity contribution in [1.29, 1.82) is 0 Å². The Hall–Kier alpha value is -1.55. The van der Waals surface area contributed by atoms with Crippen molar-refractivity contribution < 1.29 is 4.79 Å². The van der Waals surface area contributed by atoms with Crippen LogP contribution in [0, 0.1) is 0 Å². The summed E-state index contributed by atoms with van der Waals surface area (Å²) in [6.45, 7) is 1.01. The number of rotatable bonds is 2. The normalized spacial score (nSPS) is 30.2. The summed E-state index contributed by atoms with van der Waals surface area (Å²) < 4.78 is 0. The minimum absolute atomic E-state index is 0.123. The number of carbonyl (C=O) groups is 1. The molecule has 3 aliphatic heterocycles. The molecule has 0 aliphatic carbocycles. The molecule has 1 amide bonds. The van der Waals surface area contributed by atoms with Gasteiger partial charge in [-0.05, 0) is 63.3 Å². The predicted molar refractivity (Wildman–Crippen MR) is 92.9 cm³/mol. The van der Waals surface area contributed by atoms with Crippen LogP contribution in [0.5, 0.6) is 0 Å². The molecule has 2 saturated heterocycles. The number of fused-ring (bicyclic) bond motifs is 3. The third-order valence-corrected chi connectivity index (χ3v) is 6.01. The quantitative estimate of drug-likeness (QED) is 0.882. The molecule has 2 unspecified atom stereocenters. The van der Waals surface area contributed by atoms with E-state index < -0.39 is 0 Å². The molecule has 0 spiro atoms. The van der Waals surface area contributed by atoms with Crippen molar-refractivity contribution in [3.63, 3.8) is 0 Å². The lowest BCUT2D eigenvalue weighted by atomic mass is 9.82. The van der Waals surface area contributed by atoms with Crippen molar-refractivity contribution in [1.82, 2.24) is 10.2 Å². The number of carbonyl (C=O) groups excluding carboxylic acids is 1. The molecule has 2 bridgehead atoms. The van der Waals surface area contributed by atoms with Crippen LogP contribution in [-0.4, -0.2) is 42.5 Å². The van der Waals surface area contributed by atoms with Crippen LogP contribution in [0.25, 0.3) is 0 Å². The maximum atomic E-state index is 12.8. The van der Waals surface area contributed by atoms with Gasteiger partial charge in [0.25, 0.3) is 5.91 Å². The fraction of sp³-hybridized carbons (Fsp3) is 0.632. The Balaban J connectivity index is 1.48. The van der Waals surface area contributed by atoms with Crippen LogP contribution >= 0.6 is 0 Å². The highest BCUT2D eigenvalue weighted by Gasteiger charge is 2.36. The average molecular weight is 313 g/mol. The third-order valence-electron chi connectivity index (χ3n) is 6.01. The van der Waals surface area contributed by atoms with Crippen LogP contribution in [0.3, 0.4) is 0 Å². The van der Waals surface area contributed by atoms with Gasteiger partial charge in [0, 0.05) is 35.9 Å². The molecule has 0 saturated carbocycles. The number of hydrogen-bond donors (Lipinski definition) is 2. The summed E-state index contributed by atoms with van der Waals surface area (Å²) in [7, 11) is 2.26. The molecule has 4 heteroatoms. The summed E-state index contributed by atoms with van der Waals surface area (Å²) in [5.41, 5.74) is 3.22. The van der Waals surface area contributed by atoms with Crippen molar-refractivity contribution in [2.75, 3.05) is 18.9 Å². The van der Waals surface area contributed by atoms with Gasteiger partial charge in [-0.1, -0.05) is 12.5 Å². The lowest BCUT2D eigenvalue weighted by Gasteiger charge is -2.47. The number of nitrogens with zero attached hydrogens (tertiary/aromatic N) is 1. The van der Waals surface area contributed by atoms with Crippen molar-refractivity contribution in [2.24, 2.45) is 0 Å². The summed E-state index contributed by atoms with van der Waals surface area (Å²) in [6, 6.07) is 7.71. The highest BCUT2D eigenvalue weighted by molar-refractivity contribution is 5.97. The number of amides is 1. The second kappa shape index (κ2) is 6.16. The average Bonchev–Trinajstić information content (AvgIpc) is 2.55. The second-order valence-electron chi connectivity index (χ2n) is 7.41. The fourth-order valence-corrected chi connectivity index (χ4v) is 4.72. The van der Waals surface area contributed by atoms with Crippen LogP contribution in [-0.2, 0) is 6.42 Å². The van der Waals surface area contributed by atoms with Crippen molar-refractivity contribution in [3.8, 4) is 0 Å². The van der Waals surface area contributed by atoms with E-state index in [1.807, 2.05) is 12.1 Å². The fourth-order valence-electron chi connectivity index (χ4n) is 4.72. The first-order chi connectivity index (χ1) is 11.2. The molecule has 2 atom stereocenters. The molecular formula is C19H27N3O. The van der Waals surface area contributed by atoms with Gasteiger partial charge in [0.1, 0.15) is 0 Å². The molecule has 1 aromatic rings. The van der Waals surface area contributed by atoms with Gasteiger partial charge in [-0.15, -0.1) is 0 Å². The largest absolute Gasteiger partial charge is 0.385 e. The molecule has 1 aromatic carbocycles. The Kier molecular flexibility index (Phi) is 4.02. The van der Waals surface area contributed by atoms with Gasteiger partial charge in [-0.2, -0.15) is 0 Å². The Morgan fingerprint density at radius 2 is 2.00 bits per heavy atom. The number of hydrogen-bond acceptors (Lipinski definition) is 3. The molecular weight excluding hydrogens is 286 g/mol. The van der Waals surface area contributed by atoms with Gasteiger partial charge >= 0.3 is 0 Å². The zero-order valence-corrected chi connectivity index (χ0v) is 14.0. The third kappa shape index (κ3) is 2.85. The van der Waals surface area contributed by atoms with Gasteiger partial charge in [-0.3, -0.25) is 4.79 Å². The van der Waals surface area contributed by atoms with E-state index in [1.54, 1.807) is 0 Å². The molecule has 3 heterocycles. The maximum Gasteiger partial charge on any atom is 0.251 e. The van der Waals surface area contributed by atoms with Crippen LogP contribution in [0.2, 0.25) is 0 Å². The van der Waals surface area contributed by atoms with Crippen molar-refractivity contribution in [2.45, 2.75) is 63.1 Å². The highest BCUT2D eigenvalue weighted by atomic mass is 16.1. The Morgan fingerprint density at radius 3 is 2.78 bits per heavy atom. The summed E-state index contributed by atoms with van der Waals surface area (Å²) >= 11 is 0. The van der Waals surface area contributed by atoms with Crippen molar-refractivity contribution in [3.05, 3.63) is 29.3 Å². The van der Waals surface area contributed by atoms with E-state index >= 15 is 0 Å². The van der Waals surface area contributed by atoms with Gasteiger partial charge in [-0.25, -0.2) is 0 Å². The summed E-state index contributed by atoms with van der Waals surface area (Å²) in [5, 5.41) is 6.75. The SMILES string of the molecule is CN1C2CCCC1CC(NC(=O)c1cccc3c1CCCN3)C2. The number of nitrogens with one attached hydrogen (secondary N) is 2. The van der Waals surface area contributed by atoms with E-state index in [-0.39, 0.29) is 5.91 Å². The first-order valence-corrected chi connectivity index (χ1v) is 9.11. The van der Waals surface area contributed by atoms with E-state index in [1.165, 1.54) is 24.8 Å². The Bertz CT molecular complexity index is 586. The first kappa shape index (κ1) is 15.0. The highest BCUT2D eigenvalue weighted by Crippen LogP contribution is 2.33. The molecule has 124 valence electrons. The maximum absolute atomic E-state index is 12.8. The number of piperidine rings is 2. The van der Waals surface area contributed by atoms with E-state index in [9.17, 15) is 4.79 Å². The first-order valence-electron chi connectivity index (χ1n) is 9.11. The van der Waals surface area contributed by atoms with Crippen LogP contribution in [0.1, 0.15) is 54.4 Å². The van der Waals surface area contributed by atoms with Crippen LogP contribution in [0.4, 0.5) is 5.69 Å². The smallest absolute Gasteiger partial charge is 0.251 e. The molecule has 2 fully saturated rings. The zero-order valence-electron chi connectivity index (χ0n) is 14.0. The Morgan fingerprint density at radius 1 is 1.22 bits per heavy atom. The second-order valence-corrected chi connectivity index (χ2v) is 7.41. The van der Waals surface area contributed by atoms with E-state index in [2.05, 4.69) is 28.6 Å². The molecule has 4 rings (SSSR count). The lowest BCUT2D eigenvalue weighted by molar-refractivity contribution is 0.0463. The minimum Gasteiger partial charge on any atom is -0.385 e. The van der Waals surface area contributed by atoms with E-state index in [0.717, 1.165) is 43.5 Å². The topological polar surface area (TPSA) is 44.4 Å². The predicted octanol–water partition coefficient (Wildman–Crippen LogP) is 2.79. The van der Waals surface area contributed by atoms with E-state index in [0.29, 0.717) is 18.1 Å². The van der Waals surface area contributed by atoms with Gasteiger partial charge in [0.15, 0.2) is 0 Å². The molecule has 4 nitrogen and oxygen atoms in total. The standard InChI is InChI=1S/C19H27N3O/c1-22-14-5-2-6-15(22)12-13(11-14)21-19(23)17-7-3-9-18-16(17)8-4-10-20-18/h3,7,9,13-15,20H,2,4-6,8,10-12H2,1H3,(H,21,23). The minimum atomic E-state index is 0.123. The Labute approximate surface area is 138 Å². The van der Waals surface area contributed by atoms with Crippen LogP contribution < -0.4 is 10.6 Å². The summed E-state index contributed by atoms with van der Waals surface area (Å²) in [6.07, 6.45) is 8.23. The van der Waals surface area contributed by atoms with E-state index in [4.69, 9.17) is 0 Å². The molecule has 0 radical (unpaired) electrons. The summed E-state index contributed by atoms with van der Waals surface area (Å²) in [5.74, 6) is 0.123.